The van der Waals surface area contributed by atoms with E-state index in [1.807, 2.05) is 60.1 Å². The average Bonchev–Trinajstić information content (AvgIpc) is 3.05. The van der Waals surface area contributed by atoms with E-state index in [1.54, 1.807) is 19.2 Å². The van der Waals surface area contributed by atoms with Gasteiger partial charge in [0.25, 0.3) is 0 Å². The summed E-state index contributed by atoms with van der Waals surface area (Å²) >= 11 is 1.39. The highest BCUT2D eigenvalue weighted by Gasteiger charge is 2.39. The second-order valence-electron chi connectivity index (χ2n) is 8.26. The maximum Gasteiger partial charge on any atom is 0.248 e. The number of carbonyl (C=O) groups excluding carboxylic acids is 2. The third kappa shape index (κ3) is 4.14. The highest BCUT2D eigenvalue weighted by molar-refractivity contribution is 8.00. The number of nitrogens with zero attached hydrogens (tertiary/aromatic N) is 2. The molecule has 4 aromatic rings. The fraction of sp³-hybridized carbons (Fsp3) is 0.185. The summed E-state index contributed by atoms with van der Waals surface area (Å²) in [5.74, 6) is -0.303. The zero-order valence-electron chi connectivity index (χ0n) is 19.3. The largest absolute Gasteiger partial charge is 0.496 e. The standard InChI is InChI=1S/C27H24FN3O3S/c1-30-21-12-5-4-11-20(21)24-25(26(33)29-15-17-8-3-6-13-22(17)34-2)31(23(32)16-35-27(24)30)19-10-7-9-18(28)14-19/h3-14,25H,15-16H2,1-2H3,(H,29,33)/t25-/m1/s1. The molecule has 0 fully saturated rings. The van der Waals surface area contributed by atoms with Crippen LogP contribution >= 0.6 is 11.8 Å². The normalized spacial score (nSPS) is 15.6. The minimum absolute atomic E-state index is 0.129. The van der Waals surface area contributed by atoms with Crippen molar-refractivity contribution in [3.8, 4) is 5.75 Å². The monoisotopic (exact) mass is 489 g/mol. The van der Waals surface area contributed by atoms with Crippen LogP contribution in [0.2, 0.25) is 0 Å². The van der Waals surface area contributed by atoms with Crippen molar-refractivity contribution >= 4 is 40.2 Å². The Morgan fingerprint density at radius 1 is 1.11 bits per heavy atom. The van der Waals surface area contributed by atoms with Crippen molar-refractivity contribution in [1.29, 1.82) is 0 Å². The Morgan fingerprint density at radius 2 is 1.89 bits per heavy atom. The molecule has 8 heteroatoms. The summed E-state index contributed by atoms with van der Waals surface area (Å²) in [5, 5.41) is 4.72. The van der Waals surface area contributed by atoms with Gasteiger partial charge in [0, 0.05) is 41.3 Å². The molecule has 0 bridgehead atoms. The summed E-state index contributed by atoms with van der Waals surface area (Å²) in [4.78, 5) is 28.7. The van der Waals surface area contributed by atoms with Crippen LogP contribution in [0.1, 0.15) is 17.2 Å². The number of halogens is 1. The molecular weight excluding hydrogens is 465 g/mol. The van der Waals surface area contributed by atoms with Gasteiger partial charge in [0.1, 0.15) is 17.6 Å². The van der Waals surface area contributed by atoms with Crippen molar-refractivity contribution in [2.45, 2.75) is 17.6 Å². The van der Waals surface area contributed by atoms with Crippen molar-refractivity contribution in [1.82, 2.24) is 9.88 Å². The van der Waals surface area contributed by atoms with Gasteiger partial charge in [-0.2, -0.15) is 0 Å². The van der Waals surface area contributed by atoms with Gasteiger partial charge in [-0.3, -0.25) is 14.5 Å². The topological polar surface area (TPSA) is 63.6 Å². The summed E-state index contributed by atoms with van der Waals surface area (Å²) in [5.41, 5.74) is 2.85. The number of amides is 2. The van der Waals surface area contributed by atoms with Crippen LogP contribution in [-0.2, 0) is 23.2 Å². The van der Waals surface area contributed by atoms with Crippen LogP contribution in [0.15, 0.2) is 77.8 Å². The van der Waals surface area contributed by atoms with Crippen molar-refractivity contribution in [2.75, 3.05) is 17.8 Å². The number of fused-ring (bicyclic) bond motifs is 3. The van der Waals surface area contributed by atoms with Gasteiger partial charge in [0.2, 0.25) is 11.8 Å². The number of benzene rings is 3. The second kappa shape index (κ2) is 9.46. The molecule has 1 atom stereocenters. The van der Waals surface area contributed by atoms with E-state index in [2.05, 4.69) is 5.32 Å². The zero-order valence-corrected chi connectivity index (χ0v) is 20.1. The molecule has 3 aromatic carbocycles. The van der Waals surface area contributed by atoms with Crippen LogP contribution < -0.4 is 15.0 Å². The van der Waals surface area contributed by atoms with Gasteiger partial charge < -0.3 is 14.6 Å². The Balaban J connectivity index is 1.64. The van der Waals surface area contributed by atoms with Gasteiger partial charge in [-0.15, -0.1) is 0 Å². The Hall–Kier alpha value is -3.78. The van der Waals surface area contributed by atoms with E-state index < -0.39 is 11.9 Å². The molecule has 178 valence electrons. The zero-order chi connectivity index (χ0) is 24.5. The quantitative estimate of drug-likeness (QED) is 0.437. The summed E-state index contributed by atoms with van der Waals surface area (Å²) in [6.45, 7) is 0.220. The van der Waals surface area contributed by atoms with Crippen LogP contribution in [0.25, 0.3) is 10.9 Å². The smallest absolute Gasteiger partial charge is 0.248 e. The van der Waals surface area contributed by atoms with E-state index >= 15 is 0 Å². The number of aryl methyl sites for hydroxylation is 1. The van der Waals surface area contributed by atoms with Gasteiger partial charge in [-0.1, -0.05) is 54.2 Å². The molecule has 2 amide bonds. The number of anilines is 1. The van der Waals surface area contributed by atoms with Crippen LogP contribution in [0, 0.1) is 5.82 Å². The van der Waals surface area contributed by atoms with Crippen LogP contribution in [-0.4, -0.2) is 29.2 Å². The lowest BCUT2D eigenvalue weighted by Crippen LogP contribution is -2.43. The minimum Gasteiger partial charge on any atom is -0.496 e. The first-order valence-electron chi connectivity index (χ1n) is 11.2. The molecule has 0 spiro atoms. The first-order valence-corrected chi connectivity index (χ1v) is 12.2. The fourth-order valence-corrected chi connectivity index (χ4v) is 5.67. The van der Waals surface area contributed by atoms with Crippen molar-refractivity contribution in [3.63, 3.8) is 0 Å². The van der Waals surface area contributed by atoms with E-state index in [4.69, 9.17) is 4.74 Å². The summed E-state index contributed by atoms with van der Waals surface area (Å²) < 4.78 is 21.7. The predicted octanol–water partition coefficient (Wildman–Crippen LogP) is 4.82. The maximum absolute atomic E-state index is 14.2. The first kappa shape index (κ1) is 23.0. The molecule has 0 radical (unpaired) electrons. The van der Waals surface area contributed by atoms with Gasteiger partial charge in [-0.25, -0.2) is 4.39 Å². The molecule has 0 saturated carbocycles. The number of thioether (sulfide) groups is 1. The highest BCUT2D eigenvalue weighted by atomic mass is 32.2. The van der Waals surface area contributed by atoms with Crippen LogP contribution in [0.3, 0.4) is 0 Å². The third-order valence-corrected chi connectivity index (χ3v) is 7.36. The van der Waals surface area contributed by atoms with E-state index in [1.165, 1.54) is 28.8 Å². The summed E-state index contributed by atoms with van der Waals surface area (Å²) in [6, 6.07) is 20.1. The predicted molar refractivity (Wildman–Crippen MR) is 135 cm³/mol. The molecule has 5 rings (SSSR count). The molecule has 1 N–H and O–H groups in total. The number of ether oxygens (including phenoxy) is 1. The van der Waals surface area contributed by atoms with E-state index in [0.29, 0.717) is 11.4 Å². The number of carbonyl (C=O) groups is 2. The Morgan fingerprint density at radius 3 is 2.69 bits per heavy atom. The summed E-state index contributed by atoms with van der Waals surface area (Å²) in [7, 11) is 3.51. The van der Waals surface area contributed by atoms with Crippen molar-refractivity contribution in [3.05, 3.63) is 89.7 Å². The first-order chi connectivity index (χ1) is 17.0. The van der Waals surface area contributed by atoms with Crippen molar-refractivity contribution < 1.29 is 18.7 Å². The fourth-order valence-electron chi connectivity index (χ4n) is 4.61. The Bertz CT molecular complexity index is 1430. The molecule has 2 heterocycles. The SMILES string of the molecule is COc1ccccc1CNC(=O)[C@H]1c2c(n(C)c3ccccc23)SCC(=O)N1c1cccc(F)c1. The number of nitrogens with one attached hydrogen (secondary N) is 1. The van der Waals surface area contributed by atoms with E-state index in [-0.39, 0.29) is 24.1 Å². The molecular formula is C27H24FN3O3S. The Labute approximate surface area is 206 Å². The maximum atomic E-state index is 14.2. The van der Waals surface area contributed by atoms with Gasteiger partial charge in [0.05, 0.1) is 17.9 Å². The molecule has 1 aliphatic heterocycles. The number of para-hydroxylation sites is 2. The van der Waals surface area contributed by atoms with E-state index in [0.717, 1.165) is 27.1 Å². The number of hydrogen-bond donors (Lipinski definition) is 1. The lowest BCUT2D eigenvalue weighted by Gasteiger charge is -2.30. The molecule has 0 unspecified atom stereocenters. The van der Waals surface area contributed by atoms with Gasteiger partial charge >= 0.3 is 0 Å². The number of hydrogen-bond acceptors (Lipinski definition) is 4. The number of rotatable bonds is 5. The summed E-state index contributed by atoms with van der Waals surface area (Å²) in [6.07, 6.45) is 0. The van der Waals surface area contributed by atoms with Crippen molar-refractivity contribution in [2.24, 2.45) is 7.05 Å². The lowest BCUT2D eigenvalue weighted by atomic mass is 10.0. The third-order valence-electron chi connectivity index (χ3n) is 6.20. The highest BCUT2D eigenvalue weighted by Crippen LogP contribution is 2.43. The van der Waals surface area contributed by atoms with Gasteiger partial charge in [-0.05, 0) is 30.3 Å². The van der Waals surface area contributed by atoms with E-state index in [9.17, 15) is 14.0 Å². The van der Waals surface area contributed by atoms with Gasteiger partial charge in [0.15, 0.2) is 0 Å². The Kier molecular flexibility index (Phi) is 6.21. The molecule has 35 heavy (non-hydrogen) atoms. The number of methoxy groups -OCH3 is 1. The molecule has 0 aliphatic carbocycles. The van der Waals surface area contributed by atoms with Crippen LogP contribution in [0.4, 0.5) is 10.1 Å². The lowest BCUT2D eigenvalue weighted by molar-refractivity contribution is -0.125. The molecule has 1 aromatic heterocycles. The average molecular weight is 490 g/mol. The van der Waals surface area contributed by atoms with Crippen LogP contribution in [0.5, 0.6) is 5.75 Å². The molecule has 1 aliphatic rings. The molecule has 6 nitrogen and oxygen atoms in total. The molecule has 0 saturated heterocycles. The second-order valence-corrected chi connectivity index (χ2v) is 9.22. The minimum atomic E-state index is -0.977. The number of aromatic nitrogens is 1.